The summed E-state index contributed by atoms with van der Waals surface area (Å²) in [4.78, 5) is 17.2. The molecule has 0 unspecified atom stereocenters. The molecule has 2 fully saturated rings. The standard InChI is InChI=1S/C24H31N3O3S/c1-20-10-12-26(13-11-20)24(28)22-8-5-9-23(18-22)31(29,30)27-16-14-25(15-17-27)19-21-6-3-2-4-7-21/h2-9,18,20H,10-17,19H2,1H3. The normalized spacial score (nSPS) is 19.5. The lowest BCUT2D eigenvalue weighted by Gasteiger charge is -2.34. The topological polar surface area (TPSA) is 60.9 Å². The van der Waals surface area contributed by atoms with Crippen molar-refractivity contribution < 1.29 is 13.2 Å². The highest BCUT2D eigenvalue weighted by Gasteiger charge is 2.29. The van der Waals surface area contributed by atoms with E-state index in [-0.39, 0.29) is 10.8 Å². The Hall–Kier alpha value is -2.22. The molecule has 2 aliphatic rings. The molecule has 0 aliphatic carbocycles. The number of sulfonamides is 1. The maximum absolute atomic E-state index is 13.2. The Morgan fingerprint density at radius 3 is 2.26 bits per heavy atom. The van der Waals surface area contributed by atoms with Crippen LogP contribution >= 0.6 is 0 Å². The first-order chi connectivity index (χ1) is 14.9. The molecular formula is C24H31N3O3S. The second kappa shape index (κ2) is 9.51. The molecule has 1 amide bonds. The highest BCUT2D eigenvalue weighted by molar-refractivity contribution is 7.89. The van der Waals surface area contributed by atoms with E-state index in [1.54, 1.807) is 28.6 Å². The highest BCUT2D eigenvalue weighted by atomic mass is 32.2. The molecule has 0 aromatic heterocycles. The SMILES string of the molecule is CC1CCN(C(=O)c2cccc(S(=O)(=O)N3CCN(Cc4ccccc4)CC3)c2)CC1. The second-order valence-corrected chi connectivity index (χ2v) is 10.6. The van der Waals surface area contributed by atoms with E-state index in [9.17, 15) is 13.2 Å². The van der Waals surface area contributed by atoms with Crippen molar-refractivity contribution in [3.63, 3.8) is 0 Å². The molecule has 0 radical (unpaired) electrons. The Kier molecular flexibility index (Phi) is 6.74. The van der Waals surface area contributed by atoms with E-state index in [0.29, 0.717) is 37.7 Å². The lowest BCUT2D eigenvalue weighted by atomic mass is 9.98. The van der Waals surface area contributed by atoms with Crippen LogP contribution in [0.5, 0.6) is 0 Å². The first-order valence-electron chi connectivity index (χ1n) is 11.1. The van der Waals surface area contributed by atoms with Crippen LogP contribution in [0.3, 0.4) is 0 Å². The molecule has 2 aromatic rings. The van der Waals surface area contributed by atoms with Gasteiger partial charge in [0.2, 0.25) is 10.0 Å². The van der Waals surface area contributed by atoms with Gasteiger partial charge >= 0.3 is 0 Å². The zero-order chi connectivity index (χ0) is 21.8. The average Bonchev–Trinajstić information content (AvgIpc) is 2.80. The van der Waals surface area contributed by atoms with Crippen molar-refractivity contribution in [3.05, 3.63) is 65.7 Å². The number of piperazine rings is 1. The van der Waals surface area contributed by atoms with Crippen LogP contribution in [-0.2, 0) is 16.6 Å². The maximum atomic E-state index is 13.2. The number of benzene rings is 2. The summed E-state index contributed by atoms with van der Waals surface area (Å²) in [5.74, 6) is 0.563. The van der Waals surface area contributed by atoms with Crippen LogP contribution in [0.2, 0.25) is 0 Å². The molecule has 0 bridgehead atoms. The largest absolute Gasteiger partial charge is 0.339 e. The molecule has 31 heavy (non-hydrogen) atoms. The predicted molar refractivity (Wildman–Crippen MR) is 121 cm³/mol. The van der Waals surface area contributed by atoms with Gasteiger partial charge in [0.15, 0.2) is 0 Å². The minimum Gasteiger partial charge on any atom is -0.339 e. The number of hydrogen-bond acceptors (Lipinski definition) is 4. The van der Waals surface area contributed by atoms with Crippen molar-refractivity contribution in [1.82, 2.24) is 14.1 Å². The fourth-order valence-corrected chi connectivity index (χ4v) is 5.77. The number of rotatable bonds is 5. The van der Waals surface area contributed by atoms with Crippen molar-refractivity contribution in [1.29, 1.82) is 0 Å². The summed E-state index contributed by atoms with van der Waals surface area (Å²) in [5, 5.41) is 0. The second-order valence-electron chi connectivity index (χ2n) is 8.67. The van der Waals surface area contributed by atoms with Gasteiger partial charge in [-0.15, -0.1) is 0 Å². The van der Waals surface area contributed by atoms with Crippen molar-refractivity contribution in [2.24, 2.45) is 5.92 Å². The fraction of sp³-hybridized carbons (Fsp3) is 0.458. The zero-order valence-electron chi connectivity index (χ0n) is 18.1. The van der Waals surface area contributed by atoms with Gasteiger partial charge in [0.25, 0.3) is 5.91 Å². The number of nitrogens with zero attached hydrogens (tertiary/aromatic N) is 3. The molecule has 4 rings (SSSR count). The molecule has 166 valence electrons. The number of hydrogen-bond donors (Lipinski definition) is 0. The van der Waals surface area contributed by atoms with Crippen LogP contribution in [-0.4, -0.2) is 67.7 Å². The Bertz CT molecular complexity index is 994. The summed E-state index contributed by atoms with van der Waals surface area (Å²) in [6.07, 6.45) is 1.99. The summed E-state index contributed by atoms with van der Waals surface area (Å²) in [6, 6.07) is 16.8. The third-order valence-corrected chi connectivity index (χ3v) is 8.26. The van der Waals surface area contributed by atoms with Gasteiger partial charge < -0.3 is 4.90 Å². The highest BCUT2D eigenvalue weighted by Crippen LogP contribution is 2.22. The number of carbonyl (C=O) groups is 1. The Morgan fingerprint density at radius 1 is 0.903 bits per heavy atom. The Labute approximate surface area is 185 Å². The van der Waals surface area contributed by atoms with E-state index >= 15 is 0 Å². The molecule has 0 saturated carbocycles. The third kappa shape index (κ3) is 5.17. The molecular weight excluding hydrogens is 410 g/mol. The van der Waals surface area contributed by atoms with Crippen LogP contribution in [0, 0.1) is 5.92 Å². The van der Waals surface area contributed by atoms with E-state index in [1.165, 1.54) is 5.56 Å². The lowest BCUT2D eigenvalue weighted by Crippen LogP contribution is -2.48. The number of piperidine rings is 1. The van der Waals surface area contributed by atoms with Gasteiger partial charge in [-0.2, -0.15) is 4.31 Å². The van der Waals surface area contributed by atoms with Crippen molar-refractivity contribution in [2.45, 2.75) is 31.2 Å². The van der Waals surface area contributed by atoms with Crippen molar-refractivity contribution >= 4 is 15.9 Å². The quantitative estimate of drug-likeness (QED) is 0.716. The molecule has 2 aliphatic heterocycles. The number of carbonyl (C=O) groups excluding carboxylic acids is 1. The van der Waals surface area contributed by atoms with Crippen molar-refractivity contribution in [3.8, 4) is 0 Å². The van der Waals surface area contributed by atoms with Gasteiger partial charge in [-0.1, -0.05) is 43.3 Å². The van der Waals surface area contributed by atoms with Crippen LogP contribution in [0.1, 0.15) is 35.7 Å². The maximum Gasteiger partial charge on any atom is 0.253 e. The summed E-state index contributed by atoms with van der Waals surface area (Å²) in [6.45, 7) is 6.80. The van der Waals surface area contributed by atoms with Gasteiger partial charge in [0.05, 0.1) is 4.90 Å². The third-order valence-electron chi connectivity index (χ3n) is 6.37. The predicted octanol–water partition coefficient (Wildman–Crippen LogP) is 3.07. The molecule has 0 N–H and O–H groups in total. The molecule has 2 aromatic carbocycles. The molecule has 7 heteroatoms. The van der Waals surface area contributed by atoms with E-state index in [0.717, 1.165) is 32.5 Å². The van der Waals surface area contributed by atoms with Crippen LogP contribution in [0.15, 0.2) is 59.5 Å². The Balaban J connectivity index is 1.41. The van der Waals surface area contributed by atoms with Gasteiger partial charge in [-0.3, -0.25) is 9.69 Å². The Morgan fingerprint density at radius 2 is 1.58 bits per heavy atom. The number of amides is 1. The van der Waals surface area contributed by atoms with Gasteiger partial charge in [-0.05, 0) is 42.5 Å². The van der Waals surface area contributed by atoms with Gasteiger partial charge in [0.1, 0.15) is 0 Å². The molecule has 0 atom stereocenters. The lowest BCUT2D eigenvalue weighted by molar-refractivity contribution is 0.0697. The minimum absolute atomic E-state index is 0.0726. The van der Waals surface area contributed by atoms with Gasteiger partial charge in [0, 0.05) is 51.4 Å². The van der Waals surface area contributed by atoms with E-state index < -0.39 is 10.0 Å². The summed E-state index contributed by atoms with van der Waals surface area (Å²) in [7, 11) is -3.62. The molecule has 0 spiro atoms. The number of likely N-dealkylation sites (tertiary alicyclic amines) is 1. The zero-order valence-corrected chi connectivity index (χ0v) is 18.9. The van der Waals surface area contributed by atoms with Gasteiger partial charge in [-0.25, -0.2) is 8.42 Å². The first-order valence-corrected chi connectivity index (χ1v) is 12.5. The van der Waals surface area contributed by atoms with Crippen LogP contribution < -0.4 is 0 Å². The summed E-state index contributed by atoms with van der Waals surface area (Å²) in [5.41, 5.74) is 1.69. The van der Waals surface area contributed by atoms with E-state index in [1.807, 2.05) is 23.1 Å². The van der Waals surface area contributed by atoms with E-state index in [4.69, 9.17) is 0 Å². The smallest absolute Gasteiger partial charge is 0.253 e. The van der Waals surface area contributed by atoms with E-state index in [2.05, 4.69) is 24.0 Å². The molecule has 2 saturated heterocycles. The average molecular weight is 442 g/mol. The fourth-order valence-electron chi connectivity index (χ4n) is 4.30. The van der Waals surface area contributed by atoms with Crippen LogP contribution in [0.25, 0.3) is 0 Å². The van der Waals surface area contributed by atoms with Crippen LogP contribution in [0.4, 0.5) is 0 Å². The monoisotopic (exact) mass is 441 g/mol. The first kappa shape index (κ1) is 22.0. The minimum atomic E-state index is -3.62. The van der Waals surface area contributed by atoms with Crippen molar-refractivity contribution in [2.75, 3.05) is 39.3 Å². The molecule has 6 nitrogen and oxygen atoms in total. The summed E-state index contributed by atoms with van der Waals surface area (Å²) >= 11 is 0. The molecule has 2 heterocycles. The summed E-state index contributed by atoms with van der Waals surface area (Å²) < 4.78 is 28.0.